The standard InChI is InChI=1S/C14H22N2O3S2/c1-11-9-16(10-12(2)20-11)21(17,18)8-7-19-14-5-3-13(15)4-6-14/h3-6,11-12H,7-10,15H2,1-2H3. The summed E-state index contributed by atoms with van der Waals surface area (Å²) < 4.78 is 31.7. The zero-order valence-corrected chi connectivity index (χ0v) is 14.0. The number of benzene rings is 1. The number of nitrogens with zero attached hydrogens (tertiary/aromatic N) is 1. The number of thioether (sulfide) groups is 1. The Morgan fingerprint density at radius 3 is 2.38 bits per heavy atom. The lowest BCUT2D eigenvalue weighted by atomic mass is 10.3. The largest absolute Gasteiger partial charge is 0.492 e. The maximum Gasteiger partial charge on any atom is 0.217 e. The number of hydrogen-bond acceptors (Lipinski definition) is 5. The molecular weight excluding hydrogens is 308 g/mol. The first-order valence-corrected chi connectivity index (χ1v) is 9.53. The lowest BCUT2D eigenvalue weighted by molar-refractivity contribution is 0.333. The predicted octanol–water partition coefficient (Wildman–Crippen LogP) is 1.80. The number of anilines is 1. The van der Waals surface area contributed by atoms with Crippen LogP contribution in [0.15, 0.2) is 24.3 Å². The second-order valence-corrected chi connectivity index (χ2v) is 9.28. The highest BCUT2D eigenvalue weighted by molar-refractivity contribution is 8.00. The van der Waals surface area contributed by atoms with Gasteiger partial charge in [-0.05, 0) is 24.3 Å². The van der Waals surface area contributed by atoms with Crippen LogP contribution in [0.4, 0.5) is 5.69 Å². The summed E-state index contributed by atoms with van der Waals surface area (Å²) >= 11 is 1.83. The van der Waals surface area contributed by atoms with E-state index in [4.69, 9.17) is 10.5 Å². The van der Waals surface area contributed by atoms with Crippen LogP contribution in [0, 0.1) is 0 Å². The molecule has 0 aliphatic carbocycles. The summed E-state index contributed by atoms with van der Waals surface area (Å²) in [5.41, 5.74) is 6.24. The second-order valence-electron chi connectivity index (χ2n) is 5.31. The van der Waals surface area contributed by atoms with Crippen molar-refractivity contribution >= 4 is 27.5 Å². The quantitative estimate of drug-likeness (QED) is 0.834. The molecular formula is C14H22N2O3S2. The molecule has 1 saturated heterocycles. The lowest BCUT2D eigenvalue weighted by Gasteiger charge is -2.33. The Labute approximate surface area is 130 Å². The van der Waals surface area contributed by atoms with Gasteiger partial charge in [0, 0.05) is 29.3 Å². The van der Waals surface area contributed by atoms with Gasteiger partial charge in [-0.25, -0.2) is 8.42 Å². The van der Waals surface area contributed by atoms with Crippen LogP contribution in [0.25, 0.3) is 0 Å². The van der Waals surface area contributed by atoms with Gasteiger partial charge in [-0.15, -0.1) is 0 Å². The summed E-state index contributed by atoms with van der Waals surface area (Å²) in [6.07, 6.45) is 0. The molecule has 21 heavy (non-hydrogen) atoms. The highest BCUT2D eigenvalue weighted by Gasteiger charge is 2.30. The van der Waals surface area contributed by atoms with Gasteiger partial charge >= 0.3 is 0 Å². The molecule has 0 saturated carbocycles. The second kappa shape index (κ2) is 6.89. The molecule has 0 spiro atoms. The molecule has 118 valence electrons. The van der Waals surface area contributed by atoms with Crippen molar-refractivity contribution in [2.75, 3.05) is 31.2 Å². The van der Waals surface area contributed by atoms with Crippen molar-refractivity contribution in [2.45, 2.75) is 24.3 Å². The Morgan fingerprint density at radius 1 is 1.24 bits per heavy atom. The number of nitrogens with two attached hydrogens (primary N) is 1. The van der Waals surface area contributed by atoms with Gasteiger partial charge < -0.3 is 10.5 Å². The molecule has 1 aromatic rings. The van der Waals surface area contributed by atoms with Gasteiger partial charge in [0.05, 0.1) is 5.75 Å². The van der Waals surface area contributed by atoms with Crippen LogP contribution in [-0.4, -0.2) is 48.7 Å². The average molecular weight is 330 g/mol. The first-order chi connectivity index (χ1) is 9.87. The van der Waals surface area contributed by atoms with Crippen molar-refractivity contribution in [1.29, 1.82) is 0 Å². The van der Waals surface area contributed by atoms with Gasteiger partial charge in [0.2, 0.25) is 10.0 Å². The minimum atomic E-state index is -3.26. The lowest BCUT2D eigenvalue weighted by Crippen LogP contribution is -2.45. The summed E-state index contributed by atoms with van der Waals surface area (Å²) in [7, 11) is -3.26. The molecule has 1 fully saturated rings. The van der Waals surface area contributed by atoms with Crippen LogP contribution in [0.3, 0.4) is 0 Å². The summed E-state index contributed by atoms with van der Waals surface area (Å²) in [4.78, 5) is 0. The first kappa shape index (κ1) is 16.5. The fourth-order valence-corrected chi connectivity index (χ4v) is 5.28. The maximum absolute atomic E-state index is 12.3. The molecule has 7 heteroatoms. The van der Waals surface area contributed by atoms with E-state index in [1.54, 1.807) is 28.6 Å². The Balaban J connectivity index is 1.87. The number of sulfonamides is 1. The van der Waals surface area contributed by atoms with Gasteiger partial charge in [0.1, 0.15) is 12.4 Å². The average Bonchev–Trinajstić information content (AvgIpc) is 2.40. The van der Waals surface area contributed by atoms with Crippen molar-refractivity contribution in [3.05, 3.63) is 24.3 Å². The molecule has 1 aliphatic rings. The van der Waals surface area contributed by atoms with Gasteiger partial charge in [-0.3, -0.25) is 0 Å². The van der Waals surface area contributed by atoms with E-state index in [2.05, 4.69) is 13.8 Å². The van der Waals surface area contributed by atoms with E-state index in [1.165, 1.54) is 0 Å². The van der Waals surface area contributed by atoms with Crippen molar-refractivity contribution in [3.63, 3.8) is 0 Å². The molecule has 1 aliphatic heterocycles. The normalized spacial score (nSPS) is 23.9. The molecule has 0 aromatic heterocycles. The molecule has 2 atom stereocenters. The van der Waals surface area contributed by atoms with Gasteiger partial charge in [0.15, 0.2) is 0 Å². The van der Waals surface area contributed by atoms with E-state index in [9.17, 15) is 8.42 Å². The number of rotatable bonds is 5. The molecule has 2 N–H and O–H groups in total. The number of nitrogen functional groups attached to an aromatic ring is 1. The third-order valence-corrected chi connectivity index (χ3v) is 6.26. The van der Waals surface area contributed by atoms with Crippen LogP contribution in [0.5, 0.6) is 5.75 Å². The van der Waals surface area contributed by atoms with E-state index in [0.717, 1.165) is 0 Å². The van der Waals surface area contributed by atoms with Crippen LogP contribution in [0.1, 0.15) is 13.8 Å². The van der Waals surface area contributed by atoms with Crippen molar-refractivity contribution in [2.24, 2.45) is 0 Å². The molecule has 1 aromatic carbocycles. The van der Waals surface area contributed by atoms with Crippen molar-refractivity contribution in [3.8, 4) is 5.75 Å². The van der Waals surface area contributed by atoms with Crippen LogP contribution >= 0.6 is 11.8 Å². The highest BCUT2D eigenvalue weighted by atomic mass is 32.2. The van der Waals surface area contributed by atoms with E-state index in [1.807, 2.05) is 11.8 Å². The maximum atomic E-state index is 12.3. The Kier molecular flexibility index (Phi) is 5.40. The number of hydrogen-bond donors (Lipinski definition) is 1. The fraction of sp³-hybridized carbons (Fsp3) is 0.571. The highest BCUT2D eigenvalue weighted by Crippen LogP contribution is 2.26. The van der Waals surface area contributed by atoms with Crippen molar-refractivity contribution < 1.29 is 13.2 Å². The molecule has 2 unspecified atom stereocenters. The minimum Gasteiger partial charge on any atom is -0.492 e. The Bertz CT molecular complexity index is 550. The molecule has 0 amide bonds. The Hall–Kier alpha value is -0.920. The van der Waals surface area contributed by atoms with Crippen LogP contribution in [0.2, 0.25) is 0 Å². The summed E-state index contributed by atoms with van der Waals surface area (Å²) in [6.45, 7) is 5.44. The van der Waals surface area contributed by atoms with E-state index in [0.29, 0.717) is 35.0 Å². The number of ether oxygens (including phenoxy) is 1. The van der Waals surface area contributed by atoms with E-state index >= 15 is 0 Å². The monoisotopic (exact) mass is 330 g/mol. The van der Waals surface area contributed by atoms with Gasteiger partial charge in [0.25, 0.3) is 0 Å². The third kappa shape index (κ3) is 4.79. The minimum absolute atomic E-state index is 0.00147. The van der Waals surface area contributed by atoms with E-state index in [-0.39, 0.29) is 12.4 Å². The Morgan fingerprint density at radius 2 is 1.81 bits per heavy atom. The van der Waals surface area contributed by atoms with Crippen LogP contribution < -0.4 is 10.5 Å². The fourth-order valence-electron chi connectivity index (χ4n) is 2.32. The molecule has 0 radical (unpaired) electrons. The summed E-state index contributed by atoms with van der Waals surface area (Å²) in [5, 5.41) is 0.670. The van der Waals surface area contributed by atoms with Crippen molar-refractivity contribution in [1.82, 2.24) is 4.31 Å². The summed E-state index contributed by atoms with van der Waals surface area (Å²) in [6, 6.07) is 6.94. The topological polar surface area (TPSA) is 72.6 Å². The molecule has 2 rings (SSSR count). The summed E-state index contributed by atoms with van der Waals surface area (Å²) in [5.74, 6) is 0.636. The van der Waals surface area contributed by atoms with Gasteiger partial charge in [-0.2, -0.15) is 16.1 Å². The van der Waals surface area contributed by atoms with Gasteiger partial charge in [-0.1, -0.05) is 13.8 Å². The smallest absolute Gasteiger partial charge is 0.217 e. The SMILES string of the molecule is CC1CN(S(=O)(=O)CCOc2ccc(N)cc2)CC(C)S1. The predicted molar refractivity (Wildman–Crippen MR) is 88.2 cm³/mol. The zero-order valence-electron chi connectivity index (χ0n) is 12.4. The van der Waals surface area contributed by atoms with E-state index < -0.39 is 10.0 Å². The van der Waals surface area contributed by atoms with Crippen LogP contribution in [-0.2, 0) is 10.0 Å². The zero-order chi connectivity index (χ0) is 15.5. The molecule has 1 heterocycles. The third-order valence-electron chi connectivity index (χ3n) is 3.27. The first-order valence-electron chi connectivity index (χ1n) is 6.98. The molecule has 5 nitrogen and oxygen atoms in total. The molecule has 0 bridgehead atoms.